The van der Waals surface area contributed by atoms with Crippen LogP contribution in [0.3, 0.4) is 0 Å². The fraction of sp³-hybridized carbons (Fsp3) is 0.400. The summed E-state index contributed by atoms with van der Waals surface area (Å²) in [4.78, 5) is 7.24. The Morgan fingerprint density at radius 1 is 1.32 bits per heavy atom. The van der Waals surface area contributed by atoms with Gasteiger partial charge in [0.05, 0.1) is 13.2 Å². The molecule has 102 valence electrons. The standard InChI is InChI=1S/C15H21N3O/c1-2-3-9-19-14-6-4-5-13(10-14)11-16-12-15-17-7-8-18-15/h4-8,10,16H,2-3,9,11-12H2,1H3,(H,17,18). The van der Waals surface area contributed by atoms with Gasteiger partial charge in [0.2, 0.25) is 0 Å². The maximum Gasteiger partial charge on any atom is 0.120 e. The Bertz CT molecular complexity index is 468. The van der Waals surface area contributed by atoms with Gasteiger partial charge in [0.15, 0.2) is 0 Å². The van der Waals surface area contributed by atoms with Gasteiger partial charge in [-0.2, -0.15) is 0 Å². The molecular formula is C15H21N3O. The van der Waals surface area contributed by atoms with Gasteiger partial charge in [-0.05, 0) is 24.1 Å². The summed E-state index contributed by atoms with van der Waals surface area (Å²) in [6.07, 6.45) is 5.85. The number of imidazole rings is 1. The Morgan fingerprint density at radius 2 is 2.26 bits per heavy atom. The second-order valence-corrected chi connectivity index (χ2v) is 4.49. The lowest BCUT2D eigenvalue weighted by molar-refractivity contribution is 0.309. The first-order valence-corrected chi connectivity index (χ1v) is 6.79. The lowest BCUT2D eigenvalue weighted by Gasteiger charge is -2.08. The highest BCUT2D eigenvalue weighted by Gasteiger charge is 1.98. The van der Waals surface area contributed by atoms with Crippen molar-refractivity contribution in [1.29, 1.82) is 0 Å². The number of rotatable bonds is 8. The first-order chi connectivity index (χ1) is 9.38. The first-order valence-electron chi connectivity index (χ1n) is 6.79. The van der Waals surface area contributed by atoms with Crippen LogP contribution in [0.4, 0.5) is 0 Å². The van der Waals surface area contributed by atoms with Crippen LogP contribution in [0.1, 0.15) is 31.2 Å². The molecule has 0 saturated heterocycles. The van der Waals surface area contributed by atoms with Crippen molar-refractivity contribution in [2.24, 2.45) is 0 Å². The molecule has 0 radical (unpaired) electrons. The van der Waals surface area contributed by atoms with E-state index >= 15 is 0 Å². The molecule has 0 aliphatic heterocycles. The fourth-order valence-electron chi connectivity index (χ4n) is 1.80. The second-order valence-electron chi connectivity index (χ2n) is 4.49. The molecule has 0 bridgehead atoms. The normalized spacial score (nSPS) is 10.6. The minimum absolute atomic E-state index is 0.744. The number of hydrogen-bond donors (Lipinski definition) is 2. The van der Waals surface area contributed by atoms with E-state index in [1.165, 1.54) is 5.56 Å². The number of ether oxygens (including phenoxy) is 1. The number of unbranched alkanes of at least 4 members (excludes halogenated alkanes) is 1. The van der Waals surface area contributed by atoms with E-state index in [9.17, 15) is 0 Å². The van der Waals surface area contributed by atoms with Crippen LogP contribution in [0.15, 0.2) is 36.7 Å². The zero-order valence-corrected chi connectivity index (χ0v) is 11.4. The summed E-state index contributed by atoms with van der Waals surface area (Å²) < 4.78 is 5.69. The van der Waals surface area contributed by atoms with Crippen LogP contribution in [0.5, 0.6) is 5.75 Å². The van der Waals surface area contributed by atoms with Crippen molar-refractivity contribution in [3.8, 4) is 5.75 Å². The van der Waals surface area contributed by atoms with Crippen LogP contribution in [0.2, 0.25) is 0 Å². The number of aromatic amines is 1. The number of aromatic nitrogens is 2. The molecular weight excluding hydrogens is 238 g/mol. The van der Waals surface area contributed by atoms with Crippen molar-refractivity contribution in [1.82, 2.24) is 15.3 Å². The Kier molecular flexibility index (Phi) is 5.44. The zero-order chi connectivity index (χ0) is 13.3. The summed E-state index contributed by atoms with van der Waals surface area (Å²) >= 11 is 0. The minimum atomic E-state index is 0.744. The highest BCUT2D eigenvalue weighted by molar-refractivity contribution is 5.28. The molecule has 0 aliphatic rings. The second kappa shape index (κ2) is 7.59. The average molecular weight is 259 g/mol. The van der Waals surface area contributed by atoms with Gasteiger partial charge in [0.1, 0.15) is 11.6 Å². The molecule has 0 unspecified atom stereocenters. The molecule has 0 spiro atoms. The van der Waals surface area contributed by atoms with E-state index in [2.05, 4.69) is 34.3 Å². The number of hydrogen-bond acceptors (Lipinski definition) is 3. The van der Waals surface area contributed by atoms with E-state index in [-0.39, 0.29) is 0 Å². The molecule has 2 N–H and O–H groups in total. The molecule has 2 rings (SSSR count). The van der Waals surface area contributed by atoms with Crippen molar-refractivity contribution in [3.05, 3.63) is 48.0 Å². The Hall–Kier alpha value is -1.81. The van der Waals surface area contributed by atoms with Crippen LogP contribution in [0, 0.1) is 0 Å². The van der Waals surface area contributed by atoms with Crippen molar-refractivity contribution >= 4 is 0 Å². The van der Waals surface area contributed by atoms with Gasteiger partial charge in [0, 0.05) is 18.9 Å². The smallest absolute Gasteiger partial charge is 0.120 e. The predicted octanol–water partition coefficient (Wildman–Crippen LogP) is 2.88. The van der Waals surface area contributed by atoms with E-state index in [0.29, 0.717) is 0 Å². The molecule has 4 nitrogen and oxygen atoms in total. The van der Waals surface area contributed by atoms with Crippen molar-refractivity contribution in [2.75, 3.05) is 6.61 Å². The van der Waals surface area contributed by atoms with Gasteiger partial charge in [-0.25, -0.2) is 4.98 Å². The predicted molar refractivity (Wildman–Crippen MR) is 76.0 cm³/mol. The fourth-order valence-corrected chi connectivity index (χ4v) is 1.80. The summed E-state index contributed by atoms with van der Waals surface area (Å²) in [6.45, 7) is 4.51. The number of nitrogens with zero attached hydrogens (tertiary/aromatic N) is 1. The number of nitrogens with one attached hydrogen (secondary N) is 2. The van der Waals surface area contributed by atoms with Crippen molar-refractivity contribution < 1.29 is 4.74 Å². The summed E-state index contributed by atoms with van der Waals surface area (Å²) in [6, 6.07) is 8.23. The molecule has 0 fully saturated rings. The average Bonchev–Trinajstić information content (AvgIpc) is 2.93. The third-order valence-corrected chi connectivity index (χ3v) is 2.84. The molecule has 0 amide bonds. The zero-order valence-electron chi connectivity index (χ0n) is 11.4. The molecule has 1 aromatic carbocycles. The van der Waals surface area contributed by atoms with Gasteiger partial charge < -0.3 is 15.0 Å². The van der Waals surface area contributed by atoms with Gasteiger partial charge >= 0.3 is 0 Å². The van der Waals surface area contributed by atoms with E-state index in [1.54, 1.807) is 6.20 Å². The summed E-state index contributed by atoms with van der Waals surface area (Å²) in [5, 5.41) is 3.35. The number of benzene rings is 1. The Balaban J connectivity index is 1.78. The minimum Gasteiger partial charge on any atom is -0.494 e. The molecule has 2 aromatic rings. The van der Waals surface area contributed by atoms with Crippen molar-refractivity contribution in [3.63, 3.8) is 0 Å². The van der Waals surface area contributed by atoms with Gasteiger partial charge in [-0.1, -0.05) is 25.5 Å². The molecule has 0 aliphatic carbocycles. The molecule has 19 heavy (non-hydrogen) atoms. The maximum absolute atomic E-state index is 5.69. The summed E-state index contributed by atoms with van der Waals surface area (Å²) in [7, 11) is 0. The van der Waals surface area contributed by atoms with Gasteiger partial charge in [0.25, 0.3) is 0 Å². The lowest BCUT2D eigenvalue weighted by Crippen LogP contribution is -2.13. The van der Waals surface area contributed by atoms with Crippen LogP contribution < -0.4 is 10.1 Å². The molecule has 1 aromatic heterocycles. The molecule has 1 heterocycles. The van der Waals surface area contributed by atoms with Crippen molar-refractivity contribution in [2.45, 2.75) is 32.9 Å². The number of H-pyrrole nitrogens is 1. The van der Waals surface area contributed by atoms with E-state index in [0.717, 1.165) is 44.1 Å². The highest BCUT2D eigenvalue weighted by atomic mass is 16.5. The summed E-state index contributed by atoms with van der Waals surface area (Å²) in [5.41, 5.74) is 1.22. The van der Waals surface area contributed by atoms with Crippen LogP contribution >= 0.6 is 0 Å². The Labute approximate surface area is 114 Å². The van der Waals surface area contributed by atoms with E-state index < -0.39 is 0 Å². The third kappa shape index (κ3) is 4.75. The monoisotopic (exact) mass is 259 g/mol. The molecule has 0 atom stereocenters. The molecule has 0 saturated carbocycles. The maximum atomic E-state index is 5.69. The van der Waals surface area contributed by atoms with E-state index in [1.807, 2.05) is 18.3 Å². The SMILES string of the molecule is CCCCOc1cccc(CNCc2ncc[nH]2)c1. The van der Waals surface area contributed by atoms with Crippen LogP contribution in [-0.4, -0.2) is 16.6 Å². The lowest BCUT2D eigenvalue weighted by atomic mass is 10.2. The molecule has 4 heteroatoms. The highest BCUT2D eigenvalue weighted by Crippen LogP contribution is 2.13. The van der Waals surface area contributed by atoms with Crippen LogP contribution in [-0.2, 0) is 13.1 Å². The first kappa shape index (κ1) is 13.6. The Morgan fingerprint density at radius 3 is 3.05 bits per heavy atom. The van der Waals surface area contributed by atoms with Gasteiger partial charge in [-0.3, -0.25) is 0 Å². The van der Waals surface area contributed by atoms with E-state index in [4.69, 9.17) is 4.74 Å². The summed E-state index contributed by atoms with van der Waals surface area (Å²) in [5.74, 6) is 1.90. The van der Waals surface area contributed by atoms with Gasteiger partial charge in [-0.15, -0.1) is 0 Å². The third-order valence-electron chi connectivity index (χ3n) is 2.84. The quantitative estimate of drug-likeness (QED) is 0.717. The topological polar surface area (TPSA) is 49.9 Å². The van der Waals surface area contributed by atoms with Crippen LogP contribution in [0.25, 0.3) is 0 Å². The largest absolute Gasteiger partial charge is 0.494 e.